The molecule has 0 saturated carbocycles. The summed E-state index contributed by atoms with van der Waals surface area (Å²) in [5.74, 6) is 1.17. The molecule has 2 aromatic rings. The summed E-state index contributed by atoms with van der Waals surface area (Å²) in [4.78, 5) is 18.9. The number of imidazole rings is 1. The fourth-order valence-electron chi connectivity index (χ4n) is 1.51. The number of hydrogen-bond acceptors (Lipinski definition) is 5. The molecule has 1 aromatic carbocycles. The van der Waals surface area contributed by atoms with Crippen molar-refractivity contribution in [1.29, 1.82) is 0 Å². The number of carbonyl (C=O) groups is 1. The number of aromatic nitrogens is 2. The first-order valence-corrected chi connectivity index (χ1v) is 6.38. The van der Waals surface area contributed by atoms with Gasteiger partial charge in [-0.15, -0.1) is 0 Å². The molecule has 18 heavy (non-hydrogen) atoms. The number of rotatable bonds is 6. The van der Waals surface area contributed by atoms with Crippen LogP contribution >= 0.6 is 11.8 Å². The molecule has 96 valence electrons. The second-order valence-electron chi connectivity index (χ2n) is 3.69. The van der Waals surface area contributed by atoms with Crippen molar-refractivity contribution in [3.05, 3.63) is 18.2 Å². The highest BCUT2D eigenvalue weighted by atomic mass is 32.2. The third-order valence-electron chi connectivity index (χ3n) is 2.34. The molecule has 0 amide bonds. The van der Waals surface area contributed by atoms with Crippen molar-refractivity contribution in [2.24, 2.45) is 0 Å². The van der Waals surface area contributed by atoms with Crippen molar-refractivity contribution in [3.63, 3.8) is 0 Å². The van der Waals surface area contributed by atoms with Gasteiger partial charge >= 0.3 is 0 Å². The van der Waals surface area contributed by atoms with Crippen LogP contribution in [0.5, 0.6) is 5.75 Å². The molecule has 1 N–H and O–H groups in total. The van der Waals surface area contributed by atoms with Crippen LogP contribution in [0.3, 0.4) is 0 Å². The van der Waals surface area contributed by atoms with Gasteiger partial charge < -0.3 is 14.5 Å². The number of nitrogens with one attached hydrogen (secondary N) is 1. The van der Waals surface area contributed by atoms with Gasteiger partial charge in [-0.2, -0.15) is 0 Å². The lowest BCUT2D eigenvalue weighted by Crippen LogP contribution is -2.08. The van der Waals surface area contributed by atoms with Gasteiger partial charge in [0, 0.05) is 13.2 Å². The first-order valence-electron chi connectivity index (χ1n) is 5.40. The largest absolute Gasteiger partial charge is 0.497 e. The van der Waals surface area contributed by atoms with E-state index in [1.165, 1.54) is 18.9 Å². The number of thioether (sulfide) groups is 1. The van der Waals surface area contributed by atoms with E-state index in [2.05, 4.69) is 9.97 Å². The number of ether oxygens (including phenoxy) is 2. The number of fused-ring (bicyclic) bond motifs is 1. The molecule has 0 aliphatic rings. The first kappa shape index (κ1) is 12.9. The van der Waals surface area contributed by atoms with Gasteiger partial charge in [0.2, 0.25) is 0 Å². The van der Waals surface area contributed by atoms with E-state index in [9.17, 15) is 4.79 Å². The Morgan fingerprint density at radius 2 is 2.28 bits per heavy atom. The Kier molecular flexibility index (Phi) is 4.22. The zero-order valence-corrected chi connectivity index (χ0v) is 11.0. The molecule has 1 heterocycles. The summed E-state index contributed by atoms with van der Waals surface area (Å²) in [7, 11) is 3.13. The molecule has 5 nitrogen and oxygen atoms in total. The molecular weight excluding hydrogens is 252 g/mol. The number of methoxy groups -OCH3 is 2. The number of nitrogens with zero attached hydrogens (tertiary/aromatic N) is 1. The number of aromatic amines is 1. The fourth-order valence-corrected chi connectivity index (χ4v) is 2.24. The van der Waals surface area contributed by atoms with E-state index in [1.54, 1.807) is 7.11 Å². The number of Topliss-reactive ketones (excluding diaryl/α,β-unsaturated/α-hetero) is 1. The van der Waals surface area contributed by atoms with Crippen molar-refractivity contribution < 1.29 is 14.3 Å². The summed E-state index contributed by atoms with van der Waals surface area (Å²) in [6.45, 7) is 0.140. The van der Waals surface area contributed by atoms with Crippen molar-refractivity contribution in [2.75, 3.05) is 26.6 Å². The molecule has 0 bridgehead atoms. The molecule has 0 spiro atoms. The van der Waals surface area contributed by atoms with Crippen LogP contribution in [0.25, 0.3) is 11.0 Å². The molecule has 0 saturated heterocycles. The van der Waals surface area contributed by atoms with Gasteiger partial charge in [0.25, 0.3) is 0 Å². The molecule has 0 radical (unpaired) electrons. The minimum atomic E-state index is 0.0422. The predicted molar refractivity (Wildman–Crippen MR) is 70.3 cm³/mol. The summed E-state index contributed by atoms with van der Waals surface area (Å²) >= 11 is 1.37. The van der Waals surface area contributed by atoms with Crippen LogP contribution in [-0.2, 0) is 9.53 Å². The van der Waals surface area contributed by atoms with Gasteiger partial charge in [0.15, 0.2) is 10.9 Å². The average molecular weight is 266 g/mol. The zero-order chi connectivity index (χ0) is 13.0. The van der Waals surface area contributed by atoms with Gasteiger partial charge in [-0.3, -0.25) is 4.79 Å². The number of ketones is 1. The van der Waals surface area contributed by atoms with E-state index in [0.29, 0.717) is 5.75 Å². The van der Waals surface area contributed by atoms with Crippen molar-refractivity contribution in [2.45, 2.75) is 5.16 Å². The minimum Gasteiger partial charge on any atom is -0.497 e. The quantitative estimate of drug-likeness (QED) is 0.809. The number of hydrogen-bond donors (Lipinski definition) is 1. The highest BCUT2D eigenvalue weighted by Crippen LogP contribution is 2.22. The number of carbonyl (C=O) groups excluding carboxylic acids is 1. The van der Waals surface area contributed by atoms with Crippen LogP contribution in [-0.4, -0.2) is 42.3 Å². The molecule has 0 aliphatic carbocycles. The number of H-pyrrole nitrogens is 1. The maximum Gasteiger partial charge on any atom is 0.168 e. The monoisotopic (exact) mass is 266 g/mol. The third kappa shape index (κ3) is 3.02. The fraction of sp³-hybridized carbons (Fsp3) is 0.333. The Hall–Kier alpha value is -1.53. The summed E-state index contributed by atoms with van der Waals surface area (Å²) < 4.78 is 9.91. The van der Waals surface area contributed by atoms with Crippen molar-refractivity contribution in [3.8, 4) is 5.75 Å². The van der Waals surface area contributed by atoms with E-state index >= 15 is 0 Å². The summed E-state index contributed by atoms with van der Waals surface area (Å²) in [6, 6.07) is 5.61. The van der Waals surface area contributed by atoms with Crippen LogP contribution in [0.4, 0.5) is 0 Å². The number of benzene rings is 1. The second kappa shape index (κ2) is 5.88. The van der Waals surface area contributed by atoms with E-state index < -0.39 is 0 Å². The van der Waals surface area contributed by atoms with Crippen LogP contribution in [0.2, 0.25) is 0 Å². The normalized spacial score (nSPS) is 10.8. The maximum atomic E-state index is 11.3. The highest BCUT2D eigenvalue weighted by Gasteiger charge is 2.07. The van der Waals surface area contributed by atoms with E-state index in [-0.39, 0.29) is 12.4 Å². The molecule has 0 unspecified atom stereocenters. The lowest BCUT2D eigenvalue weighted by Gasteiger charge is -1.97. The third-order valence-corrected chi connectivity index (χ3v) is 3.28. The molecule has 1 aromatic heterocycles. The minimum absolute atomic E-state index is 0.0422. The zero-order valence-electron chi connectivity index (χ0n) is 10.2. The molecular formula is C12H14N2O3S. The molecule has 2 rings (SSSR count). The summed E-state index contributed by atoms with van der Waals surface area (Å²) in [5, 5.41) is 0.725. The van der Waals surface area contributed by atoms with Crippen molar-refractivity contribution in [1.82, 2.24) is 9.97 Å². The topological polar surface area (TPSA) is 64.2 Å². The van der Waals surface area contributed by atoms with Gasteiger partial charge in [-0.05, 0) is 12.1 Å². The molecule has 0 atom stereocenters. The lowest BCUT2D eigenvalue weighted by atomic mass is 10.3. The molecule has 0 aliphatic heterocycles. The lowest BCUT2D eigenvalue weighted by molar-refractivity contribution is -0.120. The van der Waals surface area contributed by atoms with E-state index in [4.69, 9.17) is 9.47 Å². The van der Waals surface area contributed by atoms with Gasteiger partial charge in [-0.25, -0.2) is 4.98 Å². The van der Waals surface area contributed by atoms with Gasteiger partial charge in [-0.1, -0.05) is 11.8 Å². The van der Waals surface area contributed by atoms with E-state index in [1.807, 2.05) is 18.2 Å². The summed E-state index contributed by atoms with van der Waals surface area (Å²) in [6.07, 6.45) is 0. The van der Waals surface area contributed by atoms with Crippen LogP contribution in [0, 0.1) is 0 Å². The smallest absolute Gasteiger partial charge is 0.168 e. The first-order chi connectivity index (χ1) is 8.72. The molecule has 6 heteroatoms. The SMILES string of the molecule is COCC(=O)CSc1nc2ccc(OC)cc2[nH]1. The van der Waals surface area contributed by atoms with Crippen molar-refractivity contribution >= 4 is 28.6 Å². The maximum absolute atomic E-state index is 11.3. The van der Waals surface area contributed by atoms with Gasteiger partial charge in [0.05, 0.1) is 23.9 Å². The second-order valence-corrected chi connectivity index (χ2v) is 4.65. The van der Waals surface area contributed by atoms with E-state index in [0.717, 1.165) is 21.9 Å². The van der Waals surface area contributed by atoms with Crippen LogP contribution in [0.1, 0.15) is 0 Å². The van der Waals surface area contributed by atoms with Crippen LogP contribution < -0.4 is 4.74 Å². The highest BCUT2D eigenvalue weighted by molar-refractivity contribution is 7.99. The average Bonchev–Trinajstić information content (AvgIpc) is 2.78. The Labute approximate surface area is 109 Å². The van der Waals surface area contributed by atoms with Gasteiger partial charge in [0.1, 0.15) is 12.4 Å². The summed E-state index contributed by atoms with van der Waals surface area (Å²) in [5.41, 5.74) is 1.76. The standard InChI is InChI=1S/C12H14N2O3S/c1-16-6-8(15)7-18-12-13-10-4-3-9(17-2)5-11(10)14-12/h3-5H,6-7H2,1-2H3,(H,13,14). The Balaban J connectivity index is 2.08. The Morgan fingerprint density at radius 3 is 3.00 bits per heavy atom. The molecule has 0 fully saturated rings. The Morgan fingerprint density at radius 1 is 1.44 bits per heavy atom. The van der Waals surface area contributed by atoms with Crippen LogP contribution in [0.15, 0.2) is 23.4 Å². The Bertz CT molecular complexity index is 553. The predicted octanol–water partition coefficient (Wildman–Crippen LogP) is 1.88.